The Kier molecular flexibility index (Phi) is 6.99. The molecule has 3 rings (SSSR count). The summed E-state index contributed by atoms with van der Waals surface area (Å²) in [4.78, 5) is 40.7. The Bertz CT molecular complexity index is 1230. The quantitative estimate of drug-likeness (QED) is 0.377. The third-order valence-electron chi connectivity index (χ3n) is 5.33. The SMILES string of the molecule is CC(=O)C(N)C(C)(C(=O)Nc1nc(C(F)(F)F)c(C(=O)c2ccc(F)cc2)s1)c1ccccc1. The summed E-state index contributed by atoms with van der Waals surface area (Å²) in [5.74, 6) is -3.07. The number of alkyl halides is 3. The number of ketones is 2. The van der Waals surface area contributed by atoms with Crippen LogP contribution in [-0.2, 0) is 21.2 Å². The largest absolute Gasteiger partial charge is 0.435 e. The van der Waals surface area contributed by atoms with E-state index in [1.54, 1.807) is 30.3 Å². The van der Waals surface area contributed by atoms with Gasteiger partial charge in [0.25, 0.3) is 0 Å². The fraction of sp³-hybridized carbons (Fsp3) is 0.217. The highest BCUT2D eigenvalue weighted by Crippen LogP contribution is 2.38. The van der Waals surface area contributed by atoms with Crippen molar-refractivity contribution >= 4 is 33.9 Å². The highest BCUT2D eigenvalue weighted by molar-refractivity contribution is 7.18. The first-order chi connectivity index (χ1) is 15.9. The fourth-order valence-corrected chi connectivity index (χ4v) is 4.26. The lowest BCUT2D eigenvalue weighted by Crippen LogP contribution is -2.55. The van der Waals surface area contributed by atoms with Crippen LogP contribution in [0.4, 0.5) is 22.7 Å². The zero-order chi connectivity index (χ0) is 25.3. The second kappa shape index (κ2) is 9.43. The van der Waals surface area contributed by atoms with Gasteiger partial charge in [0.05, 0.1) is 11.5 Å². The van der Waals surface area contributed by atoms with E-state index >= 15 is 0 Å². The Hall–Kier alpha value is -3.44. The predicted octanol–water partition coefficient (Wildman–Crippen LogP) is 4.34. The lowest BCUT2D eigenvalue weighted by molar-refractivity contribution is -0.141. The molecule has 34 heavy (non-hydrogen) atoms. The van der Waals surface area contributed by atoms with Crippen molar-refractivity contribution in [3.05, 3.63) is 82.1 Å². The van der Waals surface area contributed by atoms with Crippen molar-refractivity contribution in [3.63, 3.8) is 0 Å². The maximum Gasteiger partial charge on any atom is 0.435 e. The Balaban J connectivity index is 2.03. The molecule has 0 bridgehead atoms. The molecule has 2 unspecified atom stereocenters. The van der Waals surface area contributed by atoms with Gasteiger partial charge in [-0.15, -0.1) is 0 Å². The first-order valence-corrected chi connectivity index (χ1v) is 10.7. The zero-order valence-electron chi connectivity index (χ0n) is 17.9. The minimum Gasteiger partial charge on any atom is -0.320 e. The van der Waals surface area contributed by atoms with Gasteiger partial charge in [-0.25, -0.2) is 9.37 Å². The standard InChI is InChI=1S/C23H19F4N3O3S/c1-12(31)18(28)22(2,14-6-4-3-5-7-14)20(33)30-21-29-19(23(25,26)27)17(34-21)16(32)13-8-10-15(24)11-9-13/h3-11,18H,28H2,1-2H3,(H,29,30,33). The summed E-state index contributed by atoms with van der Waals surface area (Å²) in [6.07, 6.45) is -5.00. The molecule has 0 radical (unpaired) electrons. The minimum atomic E-state index is -5.00. The number of nitrogens with two attached hydrogens (primary N) is 1. The van der Waals surface area contributed by atoms with Crippen molar-refractivity contribution in [1.29, 1.82) is 0 Å². The number of thiazole rings is 1. The Morgan fingerprint density at radius 1 is 1.03 bits per heavy atom. The van der Waals surface area contributed by atoms with E-state index < -0.39 is 56.6 Å². The molecular formula is C23H19F4N3O3S. The summed E-state index contributed by atoms with van der Waals surface area (Å²) < 4.78 is 54.0. The summed E-state index contributed by atoms with van der Waals surface area (Å²) in [7, 11) is 0. The number of nitrogens with zero attached hydrogens (tertiary/aromatic N) is 1. The molecule has 11 heteroatoms. The lowest BCUT2D eigenvalue weighted by Gasteiger charge is -2.32. The van der Waals surface area contributed by atoms with Gasteiger partial charge in [0.15, 0.2) is 10.8 Å². The number of hydrogen-bond acceptors (Lipinski definition) is 6. The average molecular weight is 493 g/mol. The molecule has 3 aromatic rings. The van der Waals surface area contributed by atoms with Crippen LogP contribution in [0.2, 0.25) is 0 Å². The molecule has 0 fully saturated rings. The molecule has 0 saturated carbocycles. The molecule has 1 aromatic heterocycles. The molecule has 1 heterocycles. The minimum absolute atomic E-state index is 0.179. The second-order valence-electron chi connectivity index (χ2n) is 7.64. The third-order valence-corrected chi connectivity index (χ3v) is 6.30. The molecule has 178 valence electrons. The van der Waals surface area contributed by atoms with Gasteiger partial charge in [-0.3, -0.25) is 14.4 Å². The van der Waals surface area contributed by atoms with Crippen LogP contribution in [0.25, 0.3) is 0 Å². The Morgan fingerprint density at radius 3 is 2.15 bits per heavy atom. The van der Waals surface area contributed by atoms with E-state index in [0.717, 1.165) is 24.3 Å². The van der Waals surface area contributed by atoms with Gasteiger partial charge in [0, 0.05) is 5.56 Å². The topological polar surface area (TPSA) is 102 Å². The lowest BCUT2D eigenvalue weighted by atomic mass is 9.74. The van der Waals surface area contributed by atoms with Gasteiger partial charge in [0.2, 0.25) is 11.7 Å². The summed E-state index contributed by atoms with van der Waals surface area (Å²) in [6.45, 7) is 2.59. The summed E-state index contributed by atoms with van der Waals surface area (Å²) >= 11 is 0.321. The van der Waals surface area contributed by atoms with E-state index in [9.17, 15) is 31.9 Å². The highest BCUT2D eigenvalue weighted by Gasteiger charge is 2.45. The molecule has 0 aliphatic heterocycles. The average Bonchev–Trinajstić information content (AvgIpc) is 3.23. The number of carbonyl (C=O) groups excluding carboxylic acids is 3. The molecule has 2 aromatic carbocycles. The van der Waals surface area contributed by atoms with Crippen LogP contribution in [0, 0.1) is 5.82 Å². The van der Waals surface area contributed by atoms with Crippen LogP contribution in [0.5, 0.6) is 0 Å². The van der Waals surface area contributed by atoms with Gasteiger partial charge in [0.1, 0.15) is 16.5 Å². The summed E-state index contributed by atoms with van der Waals surface area (Å²) in [5, 5.41) is 1.79. The van der Waals surface area contributed by atoms with Gasteiger partial charge < -0.3 is 11.1 Å². The molecular weight excluding hydrogens is 474 g/mol. The van der Waals surface area contributed by atoms with E-state index in [1.165, 1.54) is 13.8 Å². The van der Waals surface area contributed by atoms with Crippen LogP contribution in [0.3, 0.4) is 0 Å². The van der Waals surface area contributed by atoms with E-state index in [1.807, 2.05) is 0 Å². The number of anilines is 1. The number of hydrogen-bond donors (Lipinski definition) is 2. The fourth-order valence-electron chi connectivity index (χ4n) is 3.32. The van der Waals surface area contributed by atoms with Gasteiger partial charge >= 0.3 is 6.18 Å². The number of benzene rings is 2. The molecule has 0 aliphatic rings. The molecule has 6 nitrogen and oxygen atoms in total. The first kappa shape index (κ1) is 25.2. The number of Topliss-reactive ketones (excluding diaryl/α,β-unsaturated/α-hetero) is 1. The van der Waals surface area contributed by atoms with E-state index in [4.69, 9.17) is 5.73 Å². The van der Waals surface area contributed by atoms with Crippen molar-refractivity contribution in [2.24, 2.45) is 5.73 Å². The van der Waals surface area contributed by atoms with Crippen LogP contribution < -0.4 is 11.1 Å². The van der Waals surface area contributed by atoms with Crippen molar-refractivity contribution in [2.45, 2.75) is 31.5 Å². The monoisotopic (exact) mass is 493 g/mol. The van der Waals surface area contributed by atoms with Gasteiger partial charge in [-0.1, -0.05) is 41.7 Å². The molecule has 0 saturated heterocycles. The Morgan fingerprint density at radius 2 is 1.62 bits per heavy atom. The molecule has 0 spiro atoms. The van der Waals surface area contributed by atoms with Crippen LogP contribution in [0.15, 0.2) is 54.6 Å². The smallest absolute Gasteiger partial charge is 0.320 e. The van der Waals surface area contributed by atoms with Crippen molar-refractivity contribution in [1.82, 2.24) is 4.98 Å². The van der Waals surface area contributed by atoms with Gasteiger partial charge in [-0.2, -0.15) is 13.2 Å². The number of carbonyl (C=O) groups is 3. The van der Waals surface area contributed by atoms with Crippen molar-refractivity contribution < 1.29 is 31.9 Å². The molecule has 3 N–H and O–H groups in total. The number of halogens is 4. The number of nitrogens with one attached hydrogen (secondary N) is 1. The zero-order valence-corrected chi connectivity index (χ0v) is 18.8. The van der Waals surface area contributed by atoms with Crippen LogP contribution >= 0.6 is 11.3 Å². The Labute approximate surface area is 195 Å². The van der Waals surface area contributed by atoms with Crippen LogP contribution in [-0.4, -0.2) is 28.5 Å². The van der Waals surface area contributed by atoms with E-state index in [-0.39, 0.29) is 5.56 Å². The van der Waals surface area contributed by atoms with E-state index in [2.05, 4.69) is 10.3 Å². The summed E-state index contributed by atoms with van der Waals surface area (Å²) in [5.41, 5.74) is 3.09. The summed E-state index contributed by atoms with van der Waals surface area (Å²) in [6, 6.07) is 10.7. The second-order valence-corrected chi connectivity index (χ2v) is 8.64. The molecule has 0 aliphatic carbocycles. The normalized spacial score (nSPS) is 14.2. The maximum atomic E-state index is 13.6. The predicted molar refractivity (Wildman–Crippen MR) is 118 cm³/mol. The number of amides is 1. The highest BCUT2D eigenvalue weighted by atomic mass is 32.1. The van der Waals surface area contributed by atoms with Crippen LogP contribution in [0.1, 0.15) is 40.3 Å². The molecule has 1 amide bonds. The van der Waals surface area contributed by atoms with Crippen molar-refractivity contribution in [3.8, 4) is 0 Å². The molecule has 2 atom stereocenters. The van der Waals surface area contributed by atoms with Crippen molar-refractivity contribution in [2.75, 3.05) is 5.32 Å². The first-order valence-electron chi connectivity index (χ1n) is 9.87. The third kappa shape index (κ3) is 4.90. The maximum absolute atomic E-state index is 13.6. The number of rotatable bonds is 7. The number of aromatic nitrogens is 1. The van der Waals surface area contributed by atoms with Gasteiger partial charge in [-0.05, 0) is 43.7 Å². The van der Waals surface area contributed by atoms with E-state index in [0.29, 0.717) is 16.9 Å².